The summed E-state index contributed by atoms with van der Waals surface area (Å²) < 4.78 is 40.3. The first-order chi connectivity index (χ1) is 14.3. The van der Waals surface area contributed by atoms with Crippen LogP contribution in [0.25, 0.3) is 10.6 Å². The first-order valence-electron chi connectivity index (χ1n) is 9.39. The van der Waals surface area contributed by atoms with Crippen molar-refractivity contribution in [3.05, 3.63) is 58.9 Å². The summed E-state index contributed by atoms with van der Waals surface area (Å²) in [5.74, 6) is -0.569. The highest BCUT2D eigenvalue weighted by molar-refractivity contribution is 7.13. The molecule has 0 aromatic carbocycles. The fourth-order valence-electron chi connectivity index (χ4n) is 3.38. The van der Waals surface area contributed by atoms with Gasteiger partial charge in [0.2, 0.25) is 0 Å². The van der Waals surface area contributed by atoms with E-state index < -0.39 is 11.9 Å². The Morgan fingerprint density at radius 1 is 1.23 bits per heavy atom. The fourth-order valence-corrected chi connectivity index (χ4v) is 4.07. The molecule has 4 rings (SSSR count). The van der Waals surface area contributed by atoms with Crippen LogP contribution in [0.3, 0.4) is 0 Å². The van der Waals surface area contributed by atoms with Crippen molar-refractivity contribution in [1.82, 2.24) is 24.8 Å². The van der Waals surface area contributed by atoms with Gasteiger partial charge < -0.3 is 4.90 Å². The lowest BCUT2D eigenvalue weighted by Gasteiger charge is -2.32. The van der Waals surface area contributed by atoms with Crippen molar-refractivity contribution in [2.45, 2.75) is 31.9 Å². The number of carbonyl (C=O) groups is 1. The summed E-state index contributed by atoms with van der Waals surface area (Å²) in [7, 11) is 0. The molecule has 0 N–H and O–H groups in total. The van der Waals surface area contributed by atoms with Gasteiger partial charge in [0, 0.05) is 25.2 Å². The van der Waals surface area contributed by atoms with E-state index in [0.717, 1.165) is 6.07 Å². The number of hydrogen-bond acceptors (Lipinski definition) is 6. The molecule has 30 heavy (non-hydrogen) atoms. The maximum absolute atomic E-state index is 13.4. The average Bonchev–Trinajstić information content (AvgIpc) is 3.28. The summed E-state index contributed by atoms with van der Waals surface area (Å²) in [5, 5.41) is 1.79. The molecule has 0 bridgehead atoms. The molecule has 1 atom stereocenters. The van der Waals surface area contributed by atoms with E-state index in [1.807, 2.05) is 0 Å². The highest BCUT2D eigenvalue weighted by atomic mass is 32.1. The minimum atomic E-state index is -4.58. The summed E-state index contributed by atoms with van der Waals surface area (Å²) >= 11 is 1.32. The molecule has 6 nitrogen and oxygen atoms in total. The number of carbonyl (C=O) groups excluding carboxylic acids is 1. The Balaban J connectivity index is 1.63. The molecule has 1 aliphatic rings. The summed E-state index contributed by atoms with van der Waals surface area (Å²) in [6.45, 7) is 2.51. The third-order valence-electron chi connectivity index (χ3n) is 4.88. The quantitative estimate of drug-likeness (QED) is 0.614. The van der Waals surface area contributed by atoms with Crippen molar-refractivity contribution in [3.63, 3.8) is 0 Å². The van der Waals surface area contributed by atoms with Gasteiger partial charge in [0.05, 0.1) is 22.5 Å². The highest BCUT2D eigenvalue weighted by Gasteiger charge is 2.36. The van der Waals surface area contributed by atoms with Crippen LogP contribution in [0.5, 0.6) is 0 Å². The molecule has 1 fully saturated rings. The van der Waals surface area contributed by atoms with Crippen molar-refractivity contribution in [1.29, 1.82) is 0 Å². The van der Waals surface area contributed by atoms with Crippen LogP contribution in [0, 0.1) is 6.92 Å². The molecule has 3 aromatic heterocycles. The third kappa shape index (κ3) is 4.33. The number of hydrogen-bond donors (Lipinski definition) is 0. The van der Waals surface area contributed by atoms with Gasteiger partial charge in [-0.3, -0.25) is 9.78 Å². The van der Waals surface area contributed by atoms with Crippen LogP contribution in [0.2, 0.25) is 0 Å². The molecule has 0 saturated carbocycles. The zero-order chi connectivity index (χ0) is 21.3. The van der Waals surface area contributed by atoms with E-state index in [1.54, 1.807) is 29.3 Å². The van der Waals surface area contributed by atoms with Crippen LogP contribution < -0.4 is 0 Å². The van der Waals surface area contributed by atoms with Crippen molar-refractivity contribution >= 4 is 17.2 Å². The molecule has 156 valence electrons. The van der Waals surface area contributed by atoms with Crippen LogP contribution >= 0.6 is 11.3 Å². The summed E-state index contributed by atoms with van der Waals surface area (Å²) in [6, 6.07) is 4.46. The predicted octanol–water partition coefficient (Wildman–Crippen LogP) is 4.34. The Hall–Kier alpha value is -2.88. The number of piperidine rings is 1. The van der Waals surface area contributed by atoms with Gasteiger partial charge in [-0.15, -0.1) is 11.3 Å². The van der Waals surface area contributed by atoms with Crippen molar-refractivity contribution in [2.24, 2.45) is 0 Å². The van der Waals surface area contributed by atoms with E-state index in [4.69, 9.17) is 0 Å². The fraction of sp³-hybridized carbons (Fsp3) is 0.350. The number of amides is 1. The maximum atomic E-state index is 13.4. The zero-order valence-corrected chi connectivity index (χ0v) is 16.9. The van der Waals surface area contributed by atoms with Crippen molar-refractivity contribution in [3.8, 4) is 10.6 Å². The second-order valence-electron chi connectivity index (χ2n) is 7.11. The summed E-state index contributed by atoms with van der Waals surface area (Å²) in [5.41, 5.74) is 0.186. The standard InChI is InChI=1S/C20H18F3N5OS/c1-12-9-25-15(10-24-12)19(29)28-6-2-4-13(11-28)18-26-14(16-5-3-7-30-16)8-17(27-18)20(21,22)23/h3,5,7-10,13H,2,4,6,11H2,1H3/t13-/m1/s1. The summed E-state index contributed by atoms with van der Waals surface area (Å²) in [4.78, 5) is 31.4. The number of nitrogens with zero attached hydrogens (tertiary/aromatic N) is 5. The molecule has 1 aliphatic heterocycles. The molecular formula is C20H18F3N5OS. The van der Waals surface area contributed by atoms with E-state index >= 15 is 0 Å². The lowest BCUT2D eigenvalue weighted by atomic mass is 9.96. The highest BCUT2D eigenvalue weighted by Crippen LogP contribution is 2.34. The number of alkyl halides is 3. The molecule has 1 amide bonds. The molecule has 1 saturated heterocycles. The van der Waals surface area contributed by atoms with Gasteiger partial charge in [-0.2, -0.15) is 13.2 Å². The molecule has 0 radical (unpaired) electrons. The number of thiophene rings is 1. The van der Waals surface area contributed by atoms with Gasteiger partial charge >= 0.3 is 6.18 Å². The lowest BCUT2D eigenvalue weighted by molar-refractivity contribution is -0.141. The van der Waals surface area contributed by atoms with Gasteiger partial charge in [0.25, 0.3) is 5.91 Å². The topological polar surface area (TPSA) is 71.9 Å². The normalized spacial score (nSPS) is 17.2. The molecule has 0 spiro atoms. The van der Waals surface area contributed by atoms with E-state index in [1.165, 1.54) is 23.7 Å². The molecule has 10 heteroatoms. The molecule has 3 aromatic rings. The Labute approximate surface area is 174 Å². The van der Waals surface area contributed by atoms with Gasteiger partial charge in [-0.25, -0.2) is 15.0 Å². The number of aryl methyl sites for hydroxylation is 1. The Morgan fingerprint density at radius 2 is 2.07 bits per heavy atom. The molecule has 0 unspecified atom stereocenters. The van der Waals surface area contributed by atoms with Gasteiger partial charge in [-0.1, -0.05) is 6.07 Å². The van der Waals surface area contributed by atoms with Crippen LogP contribution in [0.4, 0.5) is 13.2 Å². The predicted molar refractivity (Wildman–Crippen MR) is 105 cm³/mol. The minimum Gasteiger partial charge on any atom is -0.337 e. The maximum Gasteiger partial charge on any atom is 0.433 e. The first-order valence-corrected chi connectivity index (χ1v) is 10.3. The van der Waals surface area contributed by atoms with Crippen LogP contribution in [0.15, 0.2) is 36.0 Å². The SMILES string of the molecule is Cc1cnc(C(=O)N2CCC[C@@H](c3nc(-c4cccs4)cc(C(F)(F)F)n3)C2)cn1. The third-order valence-corrected chi connectivity index (χ3v) is 5.77. The van der Waals surface area contributed by atoms with Gasteiger partial charge in [-0.05, 0) is 37.3 Å². The second-order valence-corrected chi connectivity index (χ2v) is 8.05. The summed E-state index contributed by atoms with van der Waals surface area (Å²) in [6.07, 6.45) is -0.404. The van der Waals surface area contributed by atoms with Crippen LogP contribution in [0.1, 0.15) is 46.5 Å². The number of likely N-dealkylation sites (tertiary alicyclic amines) is 1. The van der Waals surface area contributed by atoms with E-state index in [-0.39, 0.29) is 35.6 Å². The molecule has 4 heterocycles. The second kappa shape index (κ2) is 8.10. The first kappa shape index (κ1) is 20.4. The van der Waals surface area contributed by atoms with E-state index in [2.05, 4.69) is 19.9 Å². The van der Waals surface area contributed by atoms with E-state index in [9.17, 15) is 18.0 Å². The zero-order valence-electron chi connectivity index (χ0n) is 16.1. The van der Waals surface area contributed by atoms with Crippen molar-refractivity contribution in [2.75, 3.05) is 13.1 Å². The average molecular weight is 433 g/mol. The number of aromatic nitrogens is 4. The lowest BCUT2D eigenvalue weighted by Crippen LogP contribution is -2.40. The smallest absolute Gasteiger partial charge is 0.337 e. The minimum absolute atomic E-state index is 0.112. The monoisotopic (exact) mass is 433 g/mol. The van der Waals surface area contributed by atoms with Crippen LogP contribution in [-0.4, -0.2) is 43.8 Å². The van der Waals surface area contributed by atoms with E-state index in [0.29, 0.717) is 30.0 Å². The number of halogens is 3. The van der Waals surface area contributed by atoms with Crippen LogP contribution in [-0.2, 0) is 6.18 Å². The van der Waals surface area contributed by atoms with Gasteiger partial charge in [0.1, 0.15) is 17.2 Å². The van der Waals surface area contributed by atoms with Gasteiger partial charge in [0.15, 0.2) is 0 Å². The largest absolute Gasteiger partial charge is 0.433 e. The Kier molecular flexibility index (Phi) is 5.50. The molecular weight excluding hydrogens is 415 g/mol. The Morgan fingerprint density at radius 3 is 2.73 bits per heavy atom. The number of rotatable bonds is 3. The molecule has 0 aliphatic carbocycles. The Bertz CT molecular complexity index is 1040. The van der Waals surface area contributed by atoms with Crippen molar-refractivity contribution < 1.29 is 18.0 Å².